The van der Waals surface area contributed by atoms with Crippen LogP contribution < -0.4 is 10.6 Å². The maximum atomic E-state index is 7.52. The van der Waals surface area contributed by atoms with Crippen molar-refractivity contribution < 1.29 is 0 Å². The third kappa shape index (κ3) is 1.85. The fourth-order valence-electron chi connectivity index (χ4n) is 2.07. The summed E-state index contributed by atoms with van der Waals surface area (Å²) in [4.78, 5) is 2.17. The SMILES string of the molecule is CC1CN(c2nnccc2C(=N)N)CC1C. The van der Waals surface area contributed by atoms with Crippen molar-refractivity contribution in [3.8, 4) is 0 Å². The molecule has 1 saturated heterocycles. The van der Waals surface area contributed by atoms with Crippen molar-refractivity contribution in [3.63, 3.8) is 0 Å². The van der Waals surface area contributed by atoms with E-state index in [1.54, 1.807) is 12.3 Å². The number of nitrogen functional groups attached to an aromatic ring is 1. The molecule has 1 aliphatic heterocycles. The molecule has 1 aromatic heterocycles. The topological polar surface area (TPSA) is 78.9 Å². The Hall–Kier alpha value is -1.65. The summed E-state index contributed by atoms with van der Waals surface area (Å²) in [7, 11) is 0. The summed E-state index contributed by atoms with van der Waals surface area (Å²) in [5.74, 6) is 2.08. The van der Waals surface area contributed by atoms with Gasteiger partial charge in [0, 0.05) is 13.1 Å². The molecule has 0 aromatic carbocycles. The molecular weight excluding hydrogens is 202 g/mol. The largest absolute Gasteiger partial charge is 0.384 e. The zero-order valence-electron chi connectivity index (χ0n) is 9.64. The standard InChI is InChI=1S/C11H17N5/c1-7-5-16(6-8(7)2)11-9(10(12)13)3-4-14-15-11/h3-4,7-8H,5-6H2,1-2H3,(H3,12,13). The van der Waals surface area contributed by atoms with Crippen molar-refractivity contribution in [2.24, 2.45) is 17.6 Å². The number of hydrogen-bond acceptors (Lipinski definition) is 4. The zero-order valence-corrected chi connectivity index (χ0v) is 9.64. The van der Waals surface area contributed by atoms with Crippen LogP contribution >= 0.6 is 0 Å². The predicted molar refractivity (Wildman–Crippen MR) is 63.6 cm³/mol. The van der Waals surface area contributed by atoms with Crippen LogP contribution in [0.25, 0.3) is 0 Å². The van der Waals surface area contributed by atoms with Gasteiger partial charge in [-0.3, -0.25) is 5.41 Å². The summed E-state index contributed by atoms with van der Waals surface area (Å²) in [6.07, 6.45) is 1.57. The Balaban J connectivity index is 2.31. The number of hydrogen-bond donors (Lipinski definition) is 2. The lowest BCUT2D eigenvalue weighted by Crippen LogP contribution is -2.25. The second kappa shape index (κ2) is 4.08. The van der Waals surface area contributed by atoms with Crippen LogP contribution in [0.15, 0.2) is 12.3 Å². The predicted octanol–water partition coefficient (Wildman–Crippen LogP) is 0.853. The normalized spacial score (nSPS) is 24.8. The molecular formula is C11H17N5. The summed E-state index contributed by atoms with van der Waals surface area (Å²) in [5, 5.41) is 15.5. The maximum absolute atomic E-state index is 7.52. The number of anilines is 1. The molecule has 0 saturated carbocycles. The van der Waals surface area contributed by atoms with Crippen LogP contribution in [0, 0.1) is 17.2 Å². The van der Waals surface area contributed by atoms with Crippen LogP contribution in [0.2, 0.25) is 0 Å². The van der Waals surface area contributed by atoms with E-state index in [1.807, 2.05) is 0 Å². The molecule has 0 spiro atoms. The Kier molecular flexibility index (Phi) is 2.77. The minimum atomic E-state index is 0.0529. The summed E-state index contributed by atoms with van der Waals surface area (Å²) in [6.45, 7) is 6.38. The Morgan fingerprint density at radius 2 is 2.06 bits per heavy atom. The van der Waals surface area contributed by atoms with Gasteiger partial charge in [0.25, 0.3) is 0 Å². The van der Waals surface area contributed by atoms with Crippen LogP contribution in [0.1, 0.15) is 19.4 Å². The van der Waals surface area contributed by atoms with Gasteiger partial charge in [-0.1, -0.05) is 13.8 Å². The van der Waals surface area contributed by atoms with E-state index in [-0.39, 0.29) is 5.84 Å². The molecule has 5 heteroatoms. The lowest BCUT2D eigenvalue weighted by atomic mass is 10.0. The number of amidine groups is 1. The van der Waals surface area contributed by atoms with E-state index in [9.17, 15) is 0 Å². The number of nitrogens with one attached hydrogen (secondary N) is 1. The van der Waals surface area contributed by atoms with Gasteiger partial charge in [-0.05, 0) is 17.9 Å². The molecule has 1 fully saturated rings. The first-order valence-electron chi connectivity index (χ1n) is 5.50. The van der Waals surface area contributed by atoms with Gasteiger partial charge >= 0.3 is 0 Å². The van der Waals surface area contributed by atoms with E-state index in [1.165, 1.54) is 0 Å². The van der Waals surface area contributed by atoms with E-state index in [0.717, 1.165) is 18.9 Å². The average Bonchev–Trinajstić information content (AvgIpc) is 2.59. The van der Waals surface area contributed by atoms with Gasteiger partial charge in [0.2, 0.25) is 0 Å². The summed E-state index contributed by atoms with van der Waals surface area (Å²) >= 11 is 0. The molecule has 2 rings (SSSR count). The molecule has 0 amide bonds. The van der Waals surface area contributed by atoms with Gasteiger partial charge in [0.05, 0.1) is 11.8 Å². The van der Waals surface area contributed by atoms with E-state index in [0.29, 0.717) is 17.4 Å². The molecule has 2 atom stereocenters. The van der Waals surface area contributed by atoms with Crippen molar-refractivity contribution in [1.82, 2.24) is 10.2 Å². The maximum Gasteiger partial charge on any atom is 0.162 e. The number of nitrogens with two attached hydrogens (primary N) is 1. The van der Waals surface area contributed by atoms with Gasteiger partial charge in [-0.15, -0.1) is 5.10 Å². The Morgan fingerprint density at radius 1 is 1.44 bits per heavy atom. The van der Waals surface area contributed by atoms with Gasteiger partial charge in [0.1, 0.15) is 5.84 Å². The third-order valence-electron chi connectivity index (χ3n) is 3.28. The van der Waals surface area contributed by atoms with Crippen molar-refractivity contribution in [2.75, 3.05) is 18.0 Å². The van der Waals surface area contributed by atoms with Crippen molar-refractivity contribution >= 4 is 11.7 Å². The summed E-state index contributed by atoms with van der Waals surface area (Å²) in [5.41, 5.74) is 6.22. The highest BCUT2D eigenvalue weighted by Crippen LogP contribution is 2.27. The average molecular weight is 219 g/mol. The van der Waals surface area contributed by atoms with Gasteiger partial charge < -0.3 is 10.6 Å². The number of rotatable bonds is 2. The van der Waals surface area contributed by atoms with E-state index >= 15 is 0 Å². The third-order valence-corrected chi connectivity index (χ3v) is 3.28. The highest BCUT2D eigenvalue weighted by atomic mass is 15.3. The monoisotopic (exact) mass is 219 g/mol. The lowest BCUT2D eigenvalue weighted by Gasteiger charge is -2.18. The quantitative estimate of drug-likeness (QED) is 0.571. The van der Waals surface area contributed by atoms with Crippen LogP contribution in [-0.4, -0.2) is 29.1 Å². The molecule has 5 nitrogen and oxygen atoms in total. The smallest absolute Gasteiger partial charge is 0.162 e. The second-order valence-electron chi connectivity index (χ2n) is 4.54. The van der Waals surface area contributed by atoms with Crippen LogP contribution in [0.3, 0.4) is 0 Å². The first kappa shape index (κ1) is 10.9. The summed E-state index contributed by atoms with van der Waals surface area (Å²) < 4.78 is 0. The molecule has 1 aromatic rings. The Morgan fingerprint density at radius 3 is 2.62 bits per heavy atom. The summed E-state index contributed by atoms with van der Waals surface area (Å²) in [6, 6.07) is 1.75. The minimum Gasteiger partial charge on any atom is -0.384 e. The van der Waals surface area contributed by atoms with Crippen molar-refractivity contribution in [1.29, 1.82) is 5.41 Å². The molecule has 2 unspecified atom stereocenters. The molecule has 86 valence electrons. The Bertz CT molecular complexity index is 393. The zero-order chi connectivity index (χ0) is 11.7. The van der Waals surface area contributed by atoms with Gasteiger partial charge in [0.15, 0.2) is 5.82 Å². The molecule has 16 heavy (non-hydrogen) atoms. The molecule has 0 aliphatic carbocycles. The van der Waals surface area contributed by atoms with E-state index in [2.05, 4.69) is 28.9 Å². The van der Waals surface area contributed by atoms with Gasteiger partial charge in [-0.25, -0.2) is 0 Å². The first-order chi connectivity index (χ1) is 7.59. The van der Waals surface area contributed by atoms with Crippen molar-refractivity contribution in [2.45, 2.75) is 13.8 Å². The van der Waals surface area contributed by atoms with E-state index < -0.39 is 0 Å². The van der Waals surface area contributed by atoms with Crippen LogP contribution in [0.4, 0.5) is 5.82 Å². The second-order valence-corrected chi connectivity index (χ2v) is 4.54. The Labute approximate surface area is 95.2 Å². The highest BCUT2D eigenvalue weighted by molar-refractivity contribution is 5.99. The minimum absolute atomic E-state index is 0.0529. The molecule has 2 heterocycles. The van der Waals surface area contributed by atoms with Crippen LogP contribution in [0.5, 0.6) is 0 Å². The first-order valence-corrected chi connectivity index (χ1v) is 5.50. The fourth-order valence-corrected chi connectivity index (χ4v) is 2.07. The van der Waals surface area contributed by atoms with Crippen molar-refractivity contribution in [3.05, 3.63) is 17.8 Å². The molecule has 1 aliphatic rings. The van der Waals surface area contributed by atoms with Gasteiger partial charge in [-0.2, -0.15) is 5.10 Å². The van der Waals surface area contributed by atoms with Crippen LogP contribution in [-0.2, 0) is 0 Å². The highest BCUT2D eigenvalue weighted by Gasteiger charge is 2.28. The molecule has 0 bridgehead atoms. The molecule has 3 N–H and O–H groups in total. The van der Waals surface area contributed by atoms with E-state index in [4.69, 9.17) is 11.1 Å². The molecule has 0 radical (unpaired) electrons. The number of nitrogens with zero attached hydrogens (tertiary/aromatic N) is 3. The number of aromatic nitrogens is 2. The lowest BCUT2D eigenvalue weighted by molar-refractivity contribution is 0.494. The fraction of sp³-hybridized carbons (Fsp3) is 0.545.